The van der Waals surface area contributed by atoms with Crippen LogP contribution in [0.5, 0.6) is 0 Å². The third-order valence-electron chi connectivity index (χ3n) is 3.63. The fourth-order valence-corrected chi connectivity index (χ4v) is 2.60. The zero-order chi connectivity index (χ0) is 18.9. The van der Waals surface area contributed by atoms with E-state index in [2.05, 4.69) is 10.3 Å². The van der Waals surface area contributed by atoms with Crippen molar-refractivity contribution in [3.63, 3.8) is 0 Å². The number of esters is 1. The van der Waals surface area contributed by atoms with E-state index in [-0.39, 0.29) is 18.3 Å². The van der Waals surface area contributed by atoms with Crippen molar-refractivity contribution in [1.82, 2.24) is 10.3 Å². The number of hydrogen-bond acceptors (Lipinski definition) is 7. The van der Waals surface area contributed by atoms with E-state index >= 15 is 0 Å². The Balaban J connectivity index is 1.84. The predicted molar refractivity (Wildman–Crippen MR) is 99.6 cm³/mol. The van der Waals surface area contributed by atoms with Gasteiger partial charge in [-0.3, -0.25) is 4.79 Å². The number of amides is 1. The highest BCUT2D eigenvalue weighted by atomic mass is 32.2. The SMILES string of the molecule is CSCCC(N)c1nc(C(=O)NC(C)C(=O)OCc2ccccc2)co1. The molecule has 1 heterocycles. The van der Waals surface area contributed by atoms with Gasteiger partial charge in [0.2, 0.25) is 5.89 Å². The van der Waals surface area contributed by atoms with Crippen LogP contribution in [-0.2, 0) is 16.1 Å². The number of nitrogens with two attached hydrogens (primary N) is 1. The van der Waals surface area contributed by atoms with E-state index in [0.29, 0.717) is 12.3 Å². The number of rotatable bonds is 9. The summed E-state index contributed by atoms with van der Waals surface area (Å²) in [5.74, 6) is 0.141. The van der Waals surface area contributed by atoms with Crippen molar-refractivity contribution in [3.8, 4) is 0 Å². The van der Waals surface area contributed by atoms with Crippen molar-refractivity contribution >= 4 is 23.6 Å². The molecule has 0 saturated heterocycles. The summed E-state index contributed by atoms with van der Waals surface area (Å²) in [5, 5.41) is 2.55. The quantitative estimate of drug-likeness (QED) is 0.646. The molecule has 1 amide bonds. The standard InChI is InChI=1S/C18H23N3O4S/c1-12(18(23)25-10-13-6-4-3-5-7-13)20-16(22)15-11-24-17(21-15)14(19)8-9-26-2/h3-7,11-12,14H,8-10,19H2,1-2H3,(H,20,22). The molecule has 2 rings (SSSR count). The number of hydrogen-bond donors (Lipinski definition) is 2. The molecule has 26 heavy (non-hydrogen) atoms. The van der Waals surface area contributed by atoms with Crippen LogP contribution in [0.3, 0.4) is 0 Å². The molecular formula is C18H23N3O4S. The van der Waals surface area contributed by atoms with Gasteiger partial charge in [-0.05, 0) is 30.9 Å². The average Bonchev–Trinajstić information content (AvgIpc) is 3.15. The highest BCUT2D eigenvalue weighted by Crippen LogP contribution is 2.15. The van der Waals surface area contributed by atoms with Gasteiger partial charge in [0.25, 0.3) is 5.91 Å². The average molecular weight is 377 g/mol. The molecule has 0 spiro atoms. The Morgan fingerprint density at radius 3 is 2.77 bits per heavy atom. The first kappa shape index (κ1) is 20.0. The molecule has 0 bridgehead atoms. The van der Waals surface area contributed by atoms with E-state index in [4.69, 9.17) is 14.9 Å². The Hall–Kier alpha value is -2.32. The lowest BCUT2D eigenvalue weighted by Crippen LogP contribution is -2.39. The van der Waals surface area contributed by atoms with Crippen LogP contribution >= 0.6 is 11.8 Å². The highest BCUT2D eigenvalue weighted by molar-refractivity contribution is 7.98. The fraction of sp³-hybridized carbons (Fsp3) is 0.389. The van der Waals surface area contributed by atoms with Gasteiger partial charge in [0, 0.05) is 0 Å². The second-order valence-corrected chi connectivity index (χ2v) is 6.73. The number of thioether (sulfide) groups is 1. The molecule has 1 aromatic heterocycles. The van der Waals surface area contributed by atoms with Crippen LogP contribution in [0.1, 0.15) is 41.3 Å². The van der Waals surface area contributed by atoms with Crippen LogP contribution in [0.15, 0.2) is 41.0 Å². The van der Waals surface area contributed by atoms with Crippen LogP contribution < -0.4 is 11.1 Å². The van der Waals surface area contributed by atoms with E-state index < -0.39 is 17.9 Å². The maximum absolute atomic E-state index is 12.2. The molecule has 0 radical (unpaired) electrons. The maximum Gasteiger partial charge on any atom is 0.328 e. The lowest BCUT2D eigenvalue weighted by Gasteiger charge is -2.12. The van der Waals surface area contributed by atoms with Gasteiger partial charge in [0.05, 0.1) is 6.04 Å². The Kier molecular flexibility index (Phi) is 7.68. The highest BCUT2D eigenvalue weighted by Gasteiger charge is 2.21. The lowest BCUT2D eigenvalue weighted by atomic mass is 10.2. The molecule has 0 aliphatic rings. The van der Waals surface area contributed by atoms with Crippen molar-refractivity contribution in [2.45, 2.75) is 32.0 Å². The molecule has 0 fully saturated rings. The molecule has 2 unspecified atom stereocenters. The number of ether oxygens (including phenoxy) is 1. The van der Waals surface area contributed by atoms with E-state index in [0.717, 1.165) is 11.3 Å². The summed E-state index contributed by atoms with van der Waals surface area (Å²) >= 11 is 1.67. The molecule has 0 aliphatic carbocycles. The number of carbonyl (C=O) groups is 2. The maximum atomic E-state index is 12.2. The molecular weight excluding hydrogens is 354 g/mol. The topological polar surface area (TPSA) is 107 Å². The Labute approximate surface area is 156 Å². The van der Waals surface area contributed by atoms with E-state index in [1.165, 1.54) is 6.26 Å². The molecule has 7 nitrogen and oxygen atoms in total. The smallest absolute Gasteiger partial charge is 0.328 e. The van der Waals surface area contributed by atoms with Crippen LogP contribution in [0, 0.1) is 0 Å². The fourth-order valence-electron chi connectivity index (χ4n) is 2.11. The van der Waals surface area contributed by atoms with Crippen molar-refractivity contribution in [3.05, 3.63) is 53.7 Å². The van der Waals surface area contributed by atoms with Crippen LogP contribution in [0.2, 0.25) is 0 Å². The van der Waals surface area contributed by atoms with Gasteiger partial charge in [0.15, 0.2) is 5.69 Å². The minimum Gasteiger partial charge on any atom is -0.459 e. The monoisotopic (exact) mass is 377 g/mol. The summed E-state index contributed by atoms with van der Waals surface area (Å²) in [5.41, 5.74) is 6.92. The van der Waals surface area contributed by atoms with Gasteiger partial charge in [-0.15, -0.1) is 0 Å². The Bertz CT molecular complexity index is 720. The zero-order valence-corrected chi connectivity index (χ0v) is 15.6. The first-order valence-electron chi connectivity index (χ1n) is 8.22. The second kappa shape index (κ2) is 9.98. The van der Waals surface area contributed by atoms with Crippen molar-refractivity contribution < 1.29 is 18.7 Å². The van der Waals surface area contributed by atoms with Gasteiger partial charge in [-0.25, -0.2) is 9.78 Å². The molecule has 0 aliphatic heterocycles. The third-order valence-corrected chi connectivity index (χ3v) is 4.27. The van der Waals surface area contributed by atoms with Gasteiger partial charge >= 0.3 is 5.97 Å². The van der Waals surface area contributed by atoms with Gasteiger partial charge in [0.1, 0.15) is 18.9 Å². The minimum absolute atomic E-state index is 0.0855. The minimum atomic E-state index is -0.809. The van der Waals surface area contributed by atoms with E-state index in [1.807, 2.05) is 36.6 Å². The van der Waals surface area contributed by atoms with Crippen LogP contribution in [0.4, 0.5) is 0 Å². The van der Waals surface area contributed by atoms with Crippen molar-refractivity contribution in [2.24, 2.45) is 5.73 Å². The van der Waals surface area contributed by atoms with Crippen LogP contribution in [0.25, 0.3) is 0 Å². The molecule has 3 N–H and O–H groups in total. The molecule has 1 aromatic carbocycles. The van der Waals surface area contributed by atoms with Gasteiger partial charge < -0.3 is 20.2 Å². The molecule has 2 atom stereocenters. The first-order chi connectivity index (χ1) is 12.5. The van der Waals surface area contributed by atoms with E-state index in [9.17, 15) is 9.59 Å². The van der Waals surface area contributed by atoms with Gasteiger partial charge in [-0.1, -0.05) is 30.3 Å². The predicted octanol–water partition coefficient (Wildman–Crippen LogP) is 2.29. The number of nitrogens with zero attached hydrogens (tertiary/aromatic N) is 1. The van der Waals surface area contributed by atoms with Gasteiger partial charge in [-0.2, -0.15) is 11.8 Å². The number of nitrogens with one attached hydrogen (secondary N) is 1. The summed E-state index contributed by atoms with van der Waals surface area (Å²) < 4.78 is 10.5. The normalized spacial score (nSPS) is 13.0. The number of aromatic nitrogens is 1. The van der Waals surface area contributed by atoms with Crippen molar-refractivity contribution in [2.75, 3.05) is 12.0 Å². The summed E-state index contributed by atoms with van der Waals surface area (Å²) in [6.45, 7) is 1.70. The van der Waals surface area contributed by atoms with E-state index in [1.54, 1.807) is 18.7 Å². The molecule has 8 heteroatoms. The van der Waals surface area contributed by atoms with Crippen LogP contribution in [-0.4, -0.2) is 34.9 Å². The number of carbonyl (C=O) groups excluding carboxylic acids is 2. The second-order valence-electron chi connectivity index (χ2n) is 5.75. The number of benzene rings is 1. The Morgan fingerprint density at radius 2 is 2.08 bits per heavy atom. The lowest BCUT2D eigenvalue weighted by molar-refractivity contribution is -0.146. The summed E-state index contributed by atoms with van der Waals surface area (Å²) in [7, 11) is 0. The third kappa shape index (κ3) is 5.89. The summed E-state index contributed by atoms with van der Waals surface area (Å²) in [4.78, 5) is 28.3. The molecule has 0 saturated carbocycles. The summed E-state index contributed by atoms with van der Waals surface area (Å²) in [6.07, 6.45) is 3.93. The number of oxazole rings is 1. The first-order valence-corrected chi connectivity index (χ1v) is 9.62. The Morgan fingerprint density at radius 1 is 1.35 bits per heavy atom. The summed E-state index contributed by atoms with van der Waals surface area (Å²) in [6, 6.07) is 8.14. The largest absolute Gasteiger partial charge is 0.459 e. The zero-order valence-electron chi connectivity index (χ0n) is 14.8. The molecule has 2 aromatic rings. The van der Waals surface area contributed by atoms with Crippen molar-refractivity contribution in [1.29, 1.82) is 0 Å². The molecule has 140 valence electrons.